The summed E-state index contributed by atoms with van der Waals surface area (Å²) in [6.45, 7) is 0. The van der Waals surface area contributed by atoms with Gasteiger partial charge in [0.05, 0.1) is 7.11 Å². The maximum absolute atomic E-state index is 10.9. The van der Waals surface area contributed by atoms with Gasteiger partial charge in [0.2, 0.25) is 0 Å². The zero-order chi connectivity index (χ0) is 9.68. The maximum Gasteiger partial charge on any atom is 0.322 e. The number of hydrogen-bond acceptors (Lipinski definition) is 6. The Kier molecular flexibility index (Phi) is 3.32. The molecule has 0 amide bonds. The van der Waals surface area contributed by atoms with Crippen LogP contribution in [0.15, 0.2) is 0 Å². The van der Waals surface area contributed by atoms with E-state index in [0.29, 0.717) is 18.7 Å². The number of carbonyl (C=O) groups is 1. The van der Waals surface area contributed by atoms with Gasteiger partial charge in [-0.1, -0.05) is 0 Å². The number of methoxy groups -OCH3 is 1. The Balaban J connectivity index is 2.30. The van der Waals surface area contributed by atoms with Crippen molar-refractivity contribution in [2.24, 2.45) is 5.73 Å². The Morgan fingerprint density at radius 3 is 3.08 bits per heavy atom. The van der Waals surface area contributed by atoms with Crippen molar-refractivity contribution in [2.75, 3.05) is 7.11 Å². The van der Waals surface area contributed by atoms with E-state index in [9.17, 15) is 4.79 Å². The van der Waals surface area contributed by atoms with E-state index in [1.54, 1.807) is 0 Å². The number of carbonyl (C=O) groups excluding carboxylic acids is 1. The van der Waals surface area contributed by atoms with Crippen molar-refractivity contribution in [1.82, 2.24) is 20.6 Å². The van der Waals surface area contributed by atoms with Crippen molar-refractivity contribution < 1.29 is 9.53 Å². The molecular formula is C6H11N5O2. The summed E-state index contributed by atoms with van der Waals surface area (Å²) < 4.78 is 4.46. The minimum atomic E-state index is -0.616. The zero-order valence-corrected chi connectivity index (χ0v) is 7.23. The number of aromatic amines is 1. The van der Waals surface area contributed by atoms with Gasteiger partial charge in [-0.15, -0.1) is 5.10 Å². The van der Waals surface area contributed by atoms with Gasteiger partial charge in [0.1, 0.15) is 11.9 Å². The number of nitrogens with zero attached hydrogens (tertiary/aromatic N) is 3. The molecule has 72 valence electrons. The lowest BCUT2D eigenvalue weighted by Gasteiger charge is -2.06. The van der Waals surface area contributed by atoms with Crippen LogP contribution >= 0.6 is 0 Å². The number of aryl methyl sites for hydroxylation is 1. The average molecular weight is 185 g/mol. The van der Waals surface area contributed by atoms with E-state index in [4.69, 9.17) is 5.73 Å². The molecule has 0 fully saturated rings. The highest BCUT2D eigenvalue weighted by molar-refractivity contribution is 5.75. The van der Waals surface area contributed by atoms with Crippen LogP contribution in [0.25, 0.3) is 0 Å². The first-order valence-corrected chi connectivity index (χ1v) is 3.80. The van der Waals surface area contributed by atoms with Crippen LogP contribution < -0.4 is 5.73 Å². The lowest BCUT2D eigenvalue weighted by atomic mass is 10.1. The van der Waals surface area contributed by atoms with Gasteiger partial charge in [-0.05, 0) is 16.8 Å². The van der Waals surface area contributed by atoms with Gasteiger partial charge in [0, 0.05) is 6.42 Å². The number of ether oxygens (including phenoxy) is 1. The van der Waals surface area contributed by atoms with Gasteiger partial charge in [-0.25, -0.2) is 5.10 Å². The van der Waals surface area contributed by atoms with Gasteiger partial charge in [-0.3, -0.25) is 4.79 Å². The number of nitrogens with two attached hydrogens (primary N) is 1. The number of tetrazole rings is 1. The van der Waals surface area contributed by atoms with Crippen LogP contribution in [-0.2, 0) is 16.0 Å². The number of aromatic nitrogens is 4. The predicted octanol–water partition coefficient (Wildman–Crippen LogP) is -1.37. The third kappa shape index (κ3) is 2.79. The summed E-state index contributed by atoms with van der Waals surface area (Å²) in [5.41, 5.74) is 5.49. The van der Waals surface area contributed by atoms with Crippen molar-refractivity contribution in [3.63, 3.8) is 0 Å². The highest BCUT2D eigenvalue weighted by atomic mass is 16.5. The van der Waals surface area contributed by atoms with Gasteiger partial charge in [-0.2, -0.15) is 0 Å². The molecule has 0 aliphatic carbocycles. The molecule has 0 radical (unpaired) electrons. The molecule has 0 spiro atoms. The first-order valence-electron chi connectivity index (χ1n) is 3.80. The van der Waals surface area contributed by atoms with E-state index < -0.39 is 12.0 Å². The molecule has 0 aromatic carbocycles. The fraction of sp³-hybridized carbons (Fsp3) is 0.667. The molecule has 3 N–H and O–H groups in total. The minimum Gasteiger partial charge on any atom is -0.468 e. The number of esters is 1. The van der Waals surface area contributed by atoms with Gasteiger partial charge < -0.3 is 10.5 Å². The summed E-state index contributed by atoms with van der Waals surface area (Å²) in [4.78, 5) is 10.9. The molecule has 1 aromatic heterocycles. The summed E-state index contributed by atoms with van der Waals surface area (Å²) in [6.07, 6.45) is 0.993. The molecule has 0 bridgehead atoms. The average Bonchev–Trinajstić information content (AvgIpc) is 2.65. The second-order valence-corrected chi connectivity index (χ2v) is 2.52. The molecule has 0 aliphatic rings. The van der Waals surface area contributed by atoms with E-state index >= 15 is 0 Å². The van der Waals surface area contributed by atoms with Crippen LogP contribution in [0.4, 0.5) is 0 Å². The maximum atomic E-state index is 10.9. The minimum absolute atomic E-state index is 0.424. The second-order valence-electron chi connectivity index (χ2n) is 2.52. The largest absolute Gasteiger partial charge is 0.468 e. The van der Waals surface area contributed by atoms with E-state index in [1.807, 2.05) is 0 Å². The molecule has 7 nitrogen and oxygen atoms in total. The second kappa shape index (κ2) is 4.51. The zero-order valence-electron chi connectivity index (χ0n) is 7.23. The highest BCUT2D eigenvalue weighted by Crippen LogP contribution is 1.97. The monoisotopic (exact) mass is 185 g/mol. The van der Waals surface area contributed by atoms with Crippen LogP contribution in [-0.4, -0.2) is 39.7 Å². The van der Waals surface area contributed by atoms with Crippen LogP contribution in [0.1, 0.15) is 12.2 Å². The van der Waals surface area contributed by atoms with Gasteiger partial charge >= 0.3 is 5.97 Å². The van der Waals surface area contributed by atoms with Crippen LogP contribution in [0.5, 0.6) is 0 Å². The van der Waals surface area contributed by atoms with Crippen molar-refractivity contribution in [3.8, 4) is 0 Å². The number of hydrogen-bond donors (Lipinski definition) is 2. The summed E-state index contributed by atoms with van der Waals surface area (Å²) in [5.74, 6) is 0.187. The Bertz CT molecular complexity index is 260. The van der Waals surface area contributed by atoms with E-state index in [1.165, 1.54) is 7.11 Å². The Labute approximate surface area is 74.6 Å². The molecule has 0 saturated carbocycles. The molecule has 1 aromatic rings. The molecular weight excluding hydrogens is 174 g/mol. The van der Waals surface area contributed by atoms with Gasteiger partial charge in [0.25, 0.3) is 0 Å². The summed E-state index contributed by atoms with van der Waals surface area (Å²) in [5, 5.41) is 13.0. The quantitative estimate of drug-likeness (QED) is 0.560. The van der Waals surface area contributed by atoms with Crippen molar-refractivity contribution in [2.45, 2.75) is 18.9 Å². The van der Waals surface area contributed by atoms with Gasteiger partial charge in [0.15, 0.2) is 0 Å². The van der Waals surface area contributed by atoms with Crippen LogP contribution in [0.3, 0.4) is 0 Å². The SMILES string of the molecule is COC(=O)C(N)CCc1nnn[nH]1. The van der Waals surface area contributed by atoms with E-state index in [2.05, 4.69) is 25.4 Å². The van der Waals surface area contributed by atoms with Crippen LogP contribution in [0, 0.1) is 0 Å². The predicted molar refractivity (Wildman–Crippen MR) is 42.5 cm³/mol. The summed E-state index contributed by atoms with van der Waals surface area (Å²) in [7, 11) is 1.30. The lowest BCUT2D eigenvalue weighted by molar-refractivity contribution is -0.142. The molecule has 7 heteroatoms. The first kappa shape index (κ1) is 9.59. The third-order valence-corrected chi connectivity index (χ3v) is 1.59. The molecule has 0 saturated heterocycles. The molecule has 1 rings (SSSR count). The van der Waals surface area contributed by atoms with Crippen molar-refractivity contribution >= 4 is 5.97 Å². The van der Waals surface area contributed by atoms with E-state index in [-0.39, 0.29) is 0 Å². The molecule has 0 aliphatic heterocycles. The Hall–Kier alpha value is -1.50. The standard InChI is InChI=1S/C6H11N5O2/c1-13-6(12)4(7)2-3-5-8-10-11-9-5/h4H,2-3,7H2,1H3,(H,8,9,10,11). The number of rotatable bonds is 4. The normalized spacial score (nSPS) is 12.5. The Morgan fingerprint density at radius 1 is 1.77 bits per heavy atom. The van der Waals surface area contributed by atoms with Crippen molar-refractivity contribution in [1.29, 1.82) is 0 Å². The lowest BCUT2D eigenvalue weighted by Crippen LogP contribution is -2.32. The summed E-state index contributed by atoms with van der Waals surface area (Å²) in [6, 6.07) is -0.616. The first-order chi connectivity index (χ1) is 6.24. The van der Waals surface area contributed by atoms with Crippen LogP contribution in [0.2, 0.25) is 0 Å². The summed E-state index contributed by atoms with van der Waals surface area (Å²) >= 11 is 0. The smallest absolute Gasteiger partial charge is 0.322 e. The third-order valence-electron chi connectivity index (χ3n) is 1.59. The topological polar surface area (TPSA) is 107 Å². The Morgan fingerprint density at radius 2 is 2.54 bits per heavy atom. The molecule has 1 heterocycles. The van der Waals surface area contributed by atoms with Crippen molar-refractivity contribution in [3.05, 3.63) is 5.82 Å². The number of nitrogens with one attached hydrogen (secondary N) is 1. The molecule has 13 heavy (non-hydrogen) atoms. The fourth-order valence-electron chi connectivity index (χ4n) is 0.846. The van der Waals surface area contributed by atoms with E-state index in [0.717, 1.165) is 0 Å². The number of H-pyrrole nitrogens is 1. The fourth-order valence-corrected chi connectivity index (χ4v) is 0.846. The molecule has 1 atom stereocenters. The molecule has 1 unspecified atom stereocenters. The highest BCUT2D eigenvalue weighted by Gasteiger charge is 2.13.